The van der Waals surface area contributed by atoms with Crippen LogP contribution in [-0.4, -0.2) is 30.1 Å². The maximum absolute atomic E-state index is 5.98. The predicted octanol–water partition coefficient (Wildman–Crippen LogP) is 4.08. The summed E-state index contributed by atoms with van der Waals surface area (Å²) in [6.45, 7) is 5.69. The monoisotopic (exact) mass is 306 g/mol. The average Bonchev–Trinajstić information content (AvgIpc) is 2.52. The Morgan fingerprint density at radius 3 is 2.57 bits per heavy atom. The summed E-state index contributed by atoms with van der Waals surface area (Å²) < 4.78 is 0. The highest BCUT2D eigenvalue weighted by molar-refractivity contribution is 6.30. The Morgan fingerprint density at radius 2 is 1.86 bits per heavy atom. The number of halogens is 1. The second-order valence-corrected chi connectivity index (χ2v) is 7.25. The second kappa shape index (κ2) is 7.13. The Balaban J connectivity index is 1.61. The van der Waals surface area contributed by atoms with E-state index in [1.54, 1.807) is 0 Å². The molecule has 2 nitrogen and oxygen atoms in total. The van der Waals surface area contributed by atoms with Gasteiger partial charge in [0, 0.05) is 36.7 Å². The first-order valence-corrected chi connectivity index (χ1v) is 8.82. The Labute approximate surface area is 133 Å². The van der Waals surface area contributed by atoms with E-state index < -0.39 is 0 Å². The first kappa shape index (κ1) is 15.3. The summed E-state index contributed by atoms with van der Waals surface area (Å²) in [6, 6.07) is 9.62. The van der Waals surface area contributed by atoms with Gasteiger partial charge in [-0.05, 0) is 43.4 Å². The third-order valence-electron chi connectivity index (χ3n) is 5.25. The maximum atomic E-state index is 5.98. The van der Waals surface area contributed by atoms with E-state index in [0.29, 0.717) is 12.1 Å². The molecule has 0 radical (unpaired) electrons. The first-order valence-electron chi connectivity index (χ1n) is 8.44. The molecule has 1 saturated heterocycles. The van der Waals surface area contributed by atoms with Crippen LogP contribution in [0.4, 0.5) is 0 Å². The Hall–Kier alpha value is -0.570. The molecule has 2 atom stereocenters. The number of hydrogen-bond donors (Lipinski definition) is 1. The van der Waals surface area contributed by atoms with E-state index >= 15 is 0 Å². The van der Waals surface area contributed by atoms with Gasteiger partial charge in [-0.3, -0.25) is 4.90 Å². The highest BCUT2D eigenvalue weighted by Crippen LogP contribution is 2.28. The highest BCUT2D eigenvalue weighted by Gasteiger charge is 2.30. The Morgan fingerprint density at radius 1 is 1.14 bits per heavy atom. The fourth-order valence-electron chi connectivity index (χ4n) is 3.85. The summed E-state index contributed by atoms with van der Waals surface area (Å²) in [5.41, 5.74) is 1.37. The highest BCUT2D eigenvalue weighted by atomic mass is 35.5. The molecule has 0 aromatic heterocycles. The van der Waals surface area contributed by atoms with Crippen molar-refractivity contribution in [1.29, 1.82) is 0 Å². The number of benzene rings is 1. The van der Waals surface area contributed by atoms with Crippen molar-refractivity contribution in [3.63, 3.8) is 0 Å². The average molecular weight is 307 g/mol. The molecule has 0 amide bonds. The number of nitrogens with zero attached hydrogens (tertiary/aromatic N) is 1. The second-order valence-electron chi connectivity index (χ2n) is 6.82. The summed E-state index contributed by atoms with van der Waals surface area (Å²) in [7, 11) is 0. The van der Waals surface area contributed by atoms with Gasteiger partial charge in [0.15, 0.2) is 0 Å². The van der Waals surface area contributed by atoms with Crippen molar-refractivity contribution in [2.75, 3.05) is 13.1 Å². The third kappa shape index (κ3) is 4.00. The molecular formula is C18H27ClN2. The van der Waals surface area contributed by atoms with E-state index in [4.69, 9.17) is 11.6 Å². The standard InChI is InChI=1S/C18H27ClN2/c1-14-11-20-18(16-5-3-2-4-6-16)13-21(14)12-15-7-9-17(19)10-8-15/h7-10,14,16,18,20H,2-6,11-13H2,1H3. The van der Waals surface area contributed by atoms with E-state index in [0.717, 1.165) is 24.0 Å². The zero-order chi connectivity index (χ0) is 14.7. The van der Waals surface area contributed by atoms with Gasteiger partial charge in [0.05, 0.1) is 0 Å². The van der Waals surface area contributed by atoms with Crippen LogP contribution in [0.1, 0.15) is 44.6 Å². The van der Waals surface area contributed by atoms with Crippen molar-refractivity contribution in [3.8, 4) is 0 Å². The Kier molecular flexibility index (Phi) is 5.20. The van der Waals surface area contributed by atoms with Crippen LogP contribution < -0.4 is 5.32 Å². The topological polar surface area (TPSA) is 15.3 Å². The summed E-state index contributed by atoms with van der Waals surface area (Å²) in [6.07, 6.45) is 7.13. The lowest BCUT2D eigenvalue weighted by Crippen LogP contribution is -2.57. The normalized spacial score (nSPS) is 28.7. The summed E-state index contributed by atoms with van der Waals surface area (Å²) in [5.74, 6) is 0.888. The van der Waals surface area contributed by atoms with Gasteiger partial charge in [-0.1, -0.05) is 43.0 Å². The van der Waals surface area contributed by atoms with Crippen molar-refractivity contribution in [3.05, 3.63) is 34.9 Å². The van der Waals surface area contributed by atoms with Gasteiger partial charge in [-0.15, -0.1) is 0 Å². The van der Waals surface area contributed by atoms with Gasteiger partial charge in [0.1, 0.15) is 0 Å². The van der Waals surface area contributed by atoms with Gasteiger partial charge < -0.3 is 5.32 Å². The van der Waals surface area contributed by atoms with Crippen LogP contribution in [0.5, 0.6) is 0 Å². The molecule has 2 aliphatic rings. The molecule has 0 spiro atoms. The summed E-state index contributed by atoms with van der Waals surface area (Å²) in [5, 5.41) is 4.63. The van der Waals surface area contributed by atoms with Crippen LogP contribution in [0, 0.1) is 5.92 Å². The minimum absolute atomic E-state index is 0.612. The SMILES string of the molecule is CC1CNC(C2CCCCC2)CN1Cc1ccc(Cl)cc1. The number of hydrogen-bond acceptors (Lipinski definition) is 2. The smallest absolute Gasteiger partial charge is 0.0406 e. The summed E-state index contributed by atoms with van der Waals surface area (Å²) >= 11 is 5.98. The molecule has 3 rings (SSSR count). The van der Waals surface area contributed by atoms with Crippen molar-refractivity contribution < 1.29 is 0 Å². The zero-order valence-corrected chi connectivity index (χ0v) is 13.8. The predicted molar refractivity (Wildman–Crippen MR) is 89.7 cm³/mol. The van der Waals surface area contributed by atoms with E-state index in [9.17, 15) is 0 Å². The number of rotatable bonds is 3. The van der Waals surface area contributed by atoms with E-state index in [1.807, 2.05) is 12.1 Å². The molecule has 116 valence electrons. The van der Waals surface area contributed by atoms with Crippen LogP contribution in [-0.2, 0) is 6.54 Å². The molecule has 1 aliphatic heterocycles. The van der Waals surface area contributed by atoms with Crippen LogP contribution in [0.25, 0.3) is 0 Å². The van der Waals surface area contributed by atoms with Gasteiger partial charge in [0.25, 0.3) is 0 Å². The molecule has 0 bridgehead atoms. The van der Waals surface area contributed by atoms with Gasteiger partial charge in [0.2, 0.25) is 0 Å². The van der Waals surface area contributed by atoms with Crippen molar-refractivity contribution in [2.45, 2.75) is 57.7 Å². The van der Waals surface area contributed by atoms with E-state index in [2.05, 4.69) is 29.3 Å². The summed E-state index contributed by atoms with van der Waals surface area (Å²) in [4.78, 5) is 2.64. The minimum Gasteiger partial charge on any atom is -0.311 e. The van der Waals surface area contributed by atoms with E-state index in [-0.39, 0.29) is 0 Å². The largest absolute Gasteiger partial charge is 0.311 e. The van der Waals surface area contributed by atoms with Crippen molar-refractivity contribution in [1.82, 2.24) is 10.2 Å². The van der Waals surface area contributed by atoms with Crippen LogP contribution in [0.2, 0.25) is 5.02 Å². The molecule has 1 N–H and O–H groups in total. The minimum atomic E-state index is 0.612. The zero-order valence-electron chi connectivity index (χ0n) is 13.0. The lowest BCUT2D eigenvalue weighted by molar-refractivity contribution is 0.0981. The molecule has 1 saturated carbocycles. The van der Waals surface area contributed by atoms with Crippen LogP contribution in [0.15, 0.2) is 24.3 Å². The molecule has 1 aromatic rings. The molecular weight excluding hydrogens is 280 g/mol. The van der Waals surface area contributed by atoms with Gasteiger partial charge in [-0.2, -0.15) is 0 Å². The van der Waals surface area contributed by atoms with Gasteiger partial charge >= 0.3 is 0 Å². The maximum Gasteiger partial charge on any atom is 0.0406 e. The van der Waals surface area contributed by atoms with Crippen LogP contribution in [0.3, 0.4) is 0 Å². The third-order valence-corrected chi connectivity index (χ3v) is 5.50. The van der Waals surface area contributed by atoms with Gasteiger partial charge in [-0.25, -0.2) is 0 Å². The number of nitrogens with one attached hydrogen (secondary N) is 1. The lowest BCUT2D eigenvalue weighted by atomic mass is 9.82. The molecule has 3 heteroatoms. The molecule has 2 unspecified atom stereocenters. The lowest BCUT2D eigenvalue weighted by Gasteiger charge is -2.43. The van der Waals surface area contributed by atoms with Crippen molar-refractivity contribution in [2.24, 2.45) is 5.92 Å². The van der Waals surface area contributed by atoms with Crippen LogP contribution >= 0.6 is 11.6 Å². The fraction of sp³-hybridized carbons (Fsp3) is 0.667. The van der Waals surface area contributed by atoms with Crippen molar-refractivity contribution >= 4 is 11.6 Å². The van der Waals surface area contributed by atoms with E-state index in [1.165, 1.54) is 44.2 Å². The molecule has 1 aromatic carbocycles. The number of piperazine rings is 1. The molecule has 2 fully saturated rings. The first-order chi connectivity index (χ1) is 10.2. The quantitative estimate of drug-likeness (QED) is 0.905. The molecule has 1 aliphatic carbocycles. The fourth-order valence-corrected chi connectivity index (χ4v) is 3.97. The molecule has 21 heavy (non-hydrogen) atoms. The Bertz CT molecular complexity index is 439. The molecule has 1 heterocycles.